The third kappa shape index (κ3) is 3.56. The zero-order valence-electron chi connectivity index (χ0n) is 12.3. The van der Waals surface area contributed by atoms with E-state index in [9.17, 15) is 9.59 Å². The van der Waals surface area contributed by atoms with Gasteiger partial charge >= 0.3 is 11.8 Å². The highest BCUT2D eigenvalue weighted by atomic mass is 16.2. The number of benzene rings is 1. The highest BCUT2D eigenvalue weighted by Gasteiger charge is 2.20. The number of anilines is 1. The van der Waals surface area contributed by atoms with Gasteiger partial charge in [-0.05, 0) is 45.7 Å². The summed E-state index contributed by atoms with van der Waals surface area (Å²) in [6, 6.07) is 3.98. The molecule has 2 amide bonds. The molecule has 0 aliphatic carbocycles. The molecule has 1 N–H and O–H groups in total. The van der Waals surface area contributed by atoms with Crippen LogP contribution in [0.25, 0.3) is 0 Å². The summed E-state index contributed by atoms with van der Waals surface area (Å²) < 4.78 is 0. The summed E-state index contributed by atoms with van der Waals surface area (Å²) >= 11 is 0. The molecule has 0 aromatic heterocycles. The zero-order chi connectivity index (χ0) is 14.6. The number of aryl methyl sites for hydroxylation is 3. The van der Waals surface area contributed by atoms with Crippen LogP contribution in [0.5, 0.6) is 0 Å². The third-order valence-electron chi connectivity index (χ3n) is 3.16. The largest absolute Gasteiger partial charge is 0.335 e. The van der Waals surface area contributed by atoms with Crippen molar-refractivity contribution in [3.05, 3.63) is 28.8 Å². The smallest absolute Gasteiger partial charge is 0.313 e. The van der Waals surface area contributed by atoms with E-state index in [0.717, 1.165) is 22.4 Å². The molecule has 4 heteroatoms. The molecule has 0 saturated heterocycles. The quantitative estimate of drug-likeness (QED) is 0.850. The molecular formula is C15H22N2O2. The number of hydrogen-bond acceptors (Lipinski definition) is 2. The highest BCUT2D eigenvalue weighted by molar-refractivity contribution is 6.39. The van der Waals surface area contributed by atoms with Gasteiger partial charge in [-0.2, -0.15) is 0 Å². The molecule has 1 rings (SSSR count). The van der Waals surface area contributed by atoms with E-state index in [1.807, 2.05) is 46.8 Å². The summed E-state index contributed by atoms with van der Waals surface area (Å²) in [4.78, 5) is 25.4. The molecular weight excluding hydrogens is 240 g/mol. The number of carbonyl (C=O) groups excluding carboxylic acids is 2. The van der Waals surface area contributed by atoms with Crippen LogP contribution >= 0.6 is 0 Å². The van der Waals surface area contributed by atoms with Crippen LogP contribution in [0.2, 0.25) is 0 Å². The average molecular weight is 262 g/mol. The maximum Gasteiger partial charge on any atom is 0.313 e. The van der Waals surface area contributed by atoms with Gasteiger partial charge in [0.2, 0.25) is 0 Å². The number of nitrogens with one attached hydrogen (secondary N) is 1. The fourth-order valence-electron chi connectivity index (χ4n) is 2.20. The van der Waals surface area contributed by atoms with E-state index in [0.29, 0.717) is 13.1 Å². The van der Waals surface area contributed by atoms with Gasteiger partial charge in [0.1, 0.15) is 0 Å². The molecule has 0 aliphatic heterocycles. The topological polar surface area (TPSA) is 49.4 Å². The maximum absolute atomic E-state index is 12.0. The molecule has 0 aliphatic rings. The fourth-order valence-corrected chi connectivity index (χ4v) is 2.20. The highest BCUT2D eigenvalue weighted by Crippen LogP contribution is 2.21. The first-order valence-electron chi connectivity index (χ1n) is 6.58. The van der Waals surface area contributed by atoms with E-state index in [1.54, 1.807) is 0 Å². The fraction of sp³-hybridized carbons (Fsp3) is 0.467. The van der Waals surface area contributed by atoms with Gasteiger partial charge in [0.05, 0.1) is 0 Å². The van der Waals surface area contributed by atoms with Gasteiger partial charge in [-0.1, -0.05) is 17.7 Å². The SMILES string of the molecule is CCN(CC)C(=O)C(=O)Nc1c(C)cc(C)cc1C. The number of amides is 2. The second-order valence-electron chi connectivity index (χ2n) is 4.71. The molecule has 0 atom stereocenters. The van der Waals surface area contributed by atoms with Crippen LogP contribution in [0, 0.1) is 20.8 Å². The third-order valence-corrected chi connectivity index (χ3v) is 3.16. The monoisotopic (exact) mass is 262 g/mol. The van der Waals surface area contributed by atoms with Crippen molar-refractivity contribution in [1.82, 2.24) is 4.90 Å². The van der Waals surface area contributed by atoms with E-state index in [-0.39, 0.29) is 0 Å². The Morgan fingerprint density at radius 2 is 1.53 bits per heavy atom. The van der Waals surface area contributed by atoms with Gasteiger partial charge in [0.15, 0.2) is 0 Å². The zero-order valence-corrected chi connectivity index (χ0v) is 12.3. The summed E-state index contributed by atoms with van der Waals surface area (Å²) in [5.74, 6) is -1.05. The Hall–Kier alpha value is -1.84. The Kier molecular flexibility index (Phi) is 5.10. The number of nitrogens with zero attached hydrogens (tertiary/aromatic N) is 1. The van der Waals surface area contributed by atoms with Gasteiger partial charge in [0, 0.05) is 18.8 Å². The van der Waals surface area contributed by atoms with Crippen LogP contribution in [0.1, 0.15) is 30.5 Å². The standard InChI is InChI=1S/C15H22N2O2/c1-6-17(7-2)15(19)14(18)16-13-11(4)8-10(3)9-12(13)5/h8-9H,6-7H2,1-5H3,(H,16,18). The van der Waals surface area contributed by atoms with E-state index < -0.39 is 11.8 Å². The normalized spacial score (nSPS) is 10.2. The number of carbonyl (C=O) groups is 2. The number of hydrogen-bond donors (Lipinski definition) is 1. The van der Waals surface area contributed by atoms with Gasteiger partial charge in [0.25, 0.3) is 0 Å². The first-order valence-corrected chi connectivity index (χ1v) is 6.58. The summed E-state index contributed by atoms with van der Waals surface area (Å²) in [6.45, 7) is 10.7. The van der Waals surface area contributed by atoms with Crippen LogP contribution < -0.4 is 5.32 Å². The molecule has 104 valence electrons. The van der Waals surface area contributed by atoms with Crippen molar-refractivity contribution in [2.24, 2.45) is 0 Å². The van der Waals surface area contributed by atoms with Crippen LogP contribution in [-0.2, 0) is 9.59 Å². The Bertz CT molecular complexity index is 468. The van der Waals surface area contributed by atoms with E-state index in [1.165, 1.54) is 4.90 Å². The lowest BCUT2D eigenvalue weighted by molar-refractivity contribution is -0.142. The Morgan fingerprint density at radius 1 is 1.05 bits per heavy atom. The van der Waals surface area contributed by atoms with Gasteiger partial charge in [-0.3, -0.25) is 9.59 Å². The second-order valence-corrected chi connectivity index (χ2v) is 4.71. The molecule has 1 aromatic carbocycles. The lowest BCUT2D eigenvalue weighted by Crippen LogP contribution is -2.39. The van der Waals surface area contributed by atoms with Crippen molar-refractivity contribution < 1.29 is 9.59 Å². The summed E-state index contributed by atoms with van der Waals surface area (Å²) in [6.07, 6.45) is 0. The molecule has 0 heterocycles. The molecule has 1 aromatic rings. The van der Waals surface area contributed by atoms with Crippen molar-refractivity contribution in [1.29, 1.82) is 0 Å². The molecule has 0 radical (unpaired) electrons. The number of rotatable bonds is 3. The van der Waals surface area contributed by atoms with Crippen LogP contribution in [0.4, 0.5) is 5.69 Å². The second kappa shape index (κ2) is 6.36. The molecule has 0 saturated carbocycles. The molecule has 0 spiro atoms. The summed E-state index contributed by atoms with van der Waals surface area (Å²) in [5, 5.41) is 2.72. The lowest BCUT2D eigenvalue weighted by atomic mass is 10.1. The molecule has 4 nitrogen and oxygen atoms in total. The van der Waals surface area contributed by atoms with E-state index >= 15 is 0 Å². The van der Waals surface area contributed by atoms with Gasteiger partial charge < -0.3 is 10.2 Å². The predicted molar refractivity (Wildman–Crippen MR) is 77.2 cm³/mol. The number of likely N-dealkylation sites (N-methyl/N-ethyl adjacent to an activating group) is 1. The lowest BCUT2D eigenvalue weighted by Gasteiger charge is -2.19. The first kappa shape index (κ1) is 15.2. The van der Waals surface area contributed by atoms with Gasteiger partial charge in [-0.15, -0.1) is 0 Å². The van der Waals surface area contributed by atoms with Crippen LogP contribution in [-0.4, -0.2) is 29.8 Å². The average Bonchev–Trinajstić information content (AvgIpc) is 2.34. The van der Waals surface area contributed by atoms with Crippen molar-refractivity contribution in [2.75, 3.05) is 18.4 Å². The minimum absolute atomic E-state index is 0.482. The van der Waals surface area contributed by atoms with Crippen molar-refractivity contribution in [3.8, 4) is 0 Å². The summed E-state index contributed by atoms with van der Waals surface area (Å²) in [5.41, 5.74) is 3.82. The van der Waals surface area contributed by atoms with Crippen LogP contribution in [0.3, 0.4) is 0 Å². The molecule has 0 unspecified atom stereocenters. The van der Waals surface area contributed by atoms with E-state index in [2.05, 4.69) is 5.32 Å². The first-order chi connectivity index (χ1) is 8.90. The Balaban J connectivity index is 2.92. The maximum atomic E-state index is 12.0. The molecule has 0 fully saturated rings. The van der Waals surface area contributed by atoms with E-state index in [4.69, 9.17) is 0 Å². The Morgan fingerprint density at radius 3 is 1.95 bits per heavy atom. The Labute approximate surface area is 114 Å². The van der Waals surface area contributed by atoms with Gasteiger partial charge in [-0.25, -0.2) is 0 Å². The predicted octanol–water partition coefficient (Wildman–Crippen LogP) is 2.42. The van der Waals surface area contributed by atoms with Crippen molar-refractivity contribution in [3.63, 3.8) is 0 Å². The summed E-state index contributed by atoms with van der Waals surface area (Å²) in [7, 11) is 0. The van der Waals surface area contributed by atoms with Crippen molar-refractivity contribution >= 4 is 17.5 Å². The molecule has 19 heavy (non-hydrogen) atoms. The van der Waals surface area contributed by atoms with Crippen molar-refractivity contribution in [2.45, 2.75) is 34.6 Å². The minimum Gasteiger partial charge on any atom is -0.335 e. The molecule has 0 bridgehead atoms. The minimum atomic E-state index is -0.571. The van der Waals surface area contributed by atoms with Crippen LogP contribution in [0.15, 0.2) is 12.1 Å².